The Hall–Kier alpha value is -2.25. The average Bonchev–Trinajstić information content (AvgIpc) is 2.83. The van der Waals surface area contributed by atoms with E-state index < -0.39 is 5.60 Å². The van der Waals surface area contributed by atoms with Gasteiger partial charge in [0, 0.05) is 47.9 Å². The zero-order chi connectivity index (χ0) is 25.0. The van der Waals surface area contributed by atoms with Crippen molar-refractivity contribution in [3.63, 3.8) is 0 Å². The topological polar surface area (TPSA) is 44.8 Å². The second-order valence-corrected chi connectivity index (χ2v) is 10.8. The van der Waals surface area contributed by atoms with E-state index >= 15 is 0 Å². The SMILES string of the molecule is CC(C)(Oc1ccc(Br)cc1)C(=O)Nc1ccc(N2CCN(Cc3ccccc3Cl)CC2)c(Cl)c1. The van der Waals surface area contributed by atoms with Crippen LogP contribution in [0.4, 0.5) is 11.4 Å². The number of piperazine rings is 1. The van der Waals surface area contributed by atoms with E-state index in [4.69, 9.17) is 27.9 Å². The first-order chi connectivity index (χ1) is 16.7. The van der Waals surface area contributed by atoms with Crippen LogP contribution in [0, 0.1) is 0 Å². The number of nitrogens with zero attached hydrogens (tertiary/aromatic N) is 2. The molecule has 0 bridgehead atoms. The molecule has 35 heavy (non-hydrogen) atoms. The standard InChI is InChI=1S/C27H28BrCl2N3O2/c1-27(2,35-22-10-7-20(28)8-11-22)26(34)31-21-9-12-25(24(30)17-21)33-15-13-32(14-16-33)18-19-5-3-4-6-23(19)29/h3-12,17H,13-16,18H2,1-2H3,(H,31,34). The van der Waals surface area contributed by atoms with Gasteiger partial charge in [-0.15, -0.1) is 0 Å². The molecule has 3 aromatic rings. The van der Waals surface area contributed by atoms with Crippen LogP contribution in [0.5, 0.6) is 5.75 Å². The molecular formula is C27H28BrCl2N3O2. The molecule has 8 heteroatoms. The van der Waals surface area contributed by atoms with E-state index in [-0.39, 0.29) is 5.91 Å². The molecule has 3 aromatic carbocycles. The number of carbonyl (C=O) groups excluding carboxylic acids is 1. The fraction of sp³-hybridized carbons (Fsp3) is 0.296. The number of anilines is 2. The summed E-state index contributed by atoms with van der Waals surface area (Å²) in [5, 5.41) is 4.34. The van der Waals surface area contributed by atoms with Crippen molar-refractivity contribution in [3.8, 4) is 5.75 Å². The highest BCUT2D eigenvalue weighted by Crippen LogP contribution is 2.31. The number of carbonyl (C=O) groups is 1. The number of hydrogen-bond donors (Lipinski definition) is 1. The molecule has 0 atom stereocenters. The number of ether oxygens (including phenoxy) is 1. The number of hydrogen-bond acceptors (Lipinski definition) is 4. The van der Waals surface area contributed by atoms with Gasteiger partial charge in [0.1, 0.15) is 5.75 Å². The Morgan fingerprint density at radius 1 is 0.971 bits per heavy atom. The lowest BCUT2D eigenvalue weighted by molar-refractivity contribution is -0.128. The van der Waals surface area contributed by atoms with Crippen molar-refractivity contribution in [1.29, 1.82) is 0 Å². The van der Waals surface area contributed by atoms with Crippen LogP contribution in [0.3, 0.4) is 0 Å². The third-order valence-corrected chi connectivity index (χ3v) is 7.20. The third-order valence-electron chi connectivity index (χ3n) is 6.00. The summed E-state index contributed by atoms with van der Waals surface area (Å²) in [5.74, 6) is 0.368. The van der Waals surface area contributed by atoms with E-state index in [9.17, 15) is 4.79 Å². The van der Waals surface area contributed by atoms with Crippen molar-refractivity contribution in [2.75, 3.05) is 36.4 Å². The van der Waals surface area contributed by atoms with E-state index in [1.807, 2.05) is 54.6 Å². The lowest BCUT2D eigenvalue weighted by Gasteiger charge is -2.36. The van der Waals surface area contributed by atoms with Gasteiger partial charge in [0.15, 0.2) is 5.60 Å². The van der Waals surface area contributed by atoms with E-state index in [2.05, 4.69) is 37.1 Å². The highest BCUT2D eigenvalue weighted by atomic mass is 79.9. The van der Waals surface area contributed by atoms with Crippen LogP contribution in [0.1, 0.15) is 19.4 Å². The predicted molar refractivity (Wildman–Crippen MR) is 148 cm³/mol. The highest BCUT2D eigenvalue weighted by molar-refractivity contribution is 9.10. The fourth-order valence-corrected chi connectivity index (χ4v) is 4.74. The van der Waals surface area contributed by atoms with Crippen LogP contribution in [-0.2, 0) is 11.3 Å². The molecule has 4 rings (SSSR count). The molecule has 1 aliphatic rings. The van der Waals surface area contributed by atoms with Gasteiger partial charge in [-0.1, -0.05) is 57.3 Å². The zero-order valence-electron chi connectivity index (χ0n) is 19.7. The van der Waals surface area contributed by atoms with Gasteiger partial charge >= 0.3 is 0 Å². The van der Waals surface area contributed by atoms with Gasteiger partial charge in [0.05, 0.1) is 10.7 Å². The van der Waals surface area contributed by atoms with Gasteiger partial charge in [0.25, 0.3) is 5.91 Å². The zero-order valence-corrected chi connectivity index (χ0v) is 22.8. The lowest BCUT2D eigenvalue weighted by atomic mass is 10.1. The fourth-order valence-electron chi connectivity index (χ4n) is 3.98. The molecule has 1 heterocycles. The molecule has 0 unspecified atom stereocenters. The van der Waals surface area contributed by atoms with Crippen LogP contribution >= 0.6 is 39.1 Å². The van der Waals surface area contributed by atoms with Crippen molar-refractivity contribution in [2.24, 2.45) is 0 Å². The van der Waals surface area contributed by atoms with Crippen molar-refractivity contribution < 1.29 is 9.53 Å². The number of rotatable bonds is 7. The summed E-state index contributed by atoms with van der Waals surface area (Å²) in [6, 6.07) is 21.0. The Bertz CT molecular complexity index is 1180. The average molecular weight is 577 g/mol. The number of nitrogens with one attached hydrogen (secondary N) is 1. The first kappa shape index (κ1) is 25.8. The minimum atomic E-state index is -1.06. The van der Waals surface area contributed by atoms with Gasteiger partial charge in [-0.25, -0.2) is 0 Å². The molecule has 0 saturated carbocycles. The summed E-state index contributed by atoms with van der Waals surface area (Å²) < 4.78 is 6.86. The van der Waals surface area contributed by atoms with E-state index in [1.54, 1.807) is 19.9 Å². The molecule has 1 fully saturated rings. The van der Waals surface area contributed by atoms with Crippen molar-refractivity contribution >= 4 is 56.4 Å². The number of halogens is 3. The Labute approximate surface area is 225 Å². The summed E-state index contributed by atoms with van der Waals surface area (Å²) >= 11 is 16.4. The van der Waals surface area contributed by atoms with Gasteiger partial charge < -0.3 is 15.0 Å². The lowest BCUT2D eigenvalue weighted by Crippen LogP contribution is -2.46. The maximum absolute atomic E-state index is 12.9. The molecule has 1 saturated heterocycles. The Kier molecular flexibility index (Phi) is 8.27. The van der Waals surface area contributed by atoms with Gasteiger partial charge in [-0.2, -0.15) is 0 Å². The van der Waals surface area contributed by atoms with Crippen LogP contribution < -0.4 is 15.0 Å². The molecule has 0 spiro atoms. The predicted octanol–water partition coefficient (Wildman–Crippen LogP) is 6.87. The molecule has 184 valence electrons. The Morgan fingerprint density at radius 3 is 2.31 bits per heavy atom. The summed E-state index contributed by atoms with van der Waals surface area (Å²) in [4.78, 5) is 17.6. The molecule has 1 N–H and O–H groups in total. The monoisotopic (exact) mass is 575 g/mol. The summed E-state index contributed by atoms with van der Waals surface area (Å²) in [5.41, 5.74) is 1.69. The van der Waals surface area contributed by atoms with Crippen LogP contribution in [0.15, 0.2) is 71.2 Å². The molecule has 1 amide bonds. The van der Waals surface area contributed by atoms with Crippen LogP contribution in [0.2, 0.25) is 10.0 Å². The van der Waals surface area contributed by atoms with Gasteiger partial charge in [-0.05, 0) is 67.9 Å². The molecule has 0 aliphatic carbocycles. The van der Waals surface area contributed by atoms with Crippen molar-refractivity contribution in [3.05, 3.63) is 86.8 Å². The molecule has 1 aliphatic heterocycles. The molecule has 0 radical (unpaired) electrons. The minimum absolute atomic E-state index is 0.252. The van der Waals surface area contributed by atoms with Crippen LogP contribution in [-0.4, -0.2) is 42.6 Å². The molecule has 5 nitrogen and oxygen atoms in total. The Balaban J connectivity index is 1.34. The van der Waals surface area contributed by atoms with E-state index in [1.165, 1.54) is 0 Å². The normalized spacial score (nSPS) is 14.6. The van der Waals surface area contributed by atoms with Crippen LogP contribution in [0.25, 0.3) is 0 Å². The maximum atomic E-state index is 12.9. The summed E-state index contributed by atoms with van der Waals surface area (Å²) in [6.07, 6.45) is 0. The molecular weight excluding hydrogens is 549 g/mol. The number of amides is 1. The van der Waals surface area contributed by atoms with Gasteiger partial charge in [0.2, 0.25) is 0 Å². The second-order valence-electron chi connectivity index (χ2n) is 9.04. The summed E-state index contributed by atoms with van der Waals surface area (Å²) in [7, 11) is 0. The maximum Gasteiger partial charge on any atom is 0.267 e. The second kappa shape index (κ2) is 11.2. The van der Waals surface area contributed by atoms with Crippen molar-refractivity contribution in [1.82, 2.24) is 4.90 Å². The first-order valence-corrected chi connectivity index (χ1v) is 13.0. The smallest absolute Gasteiger partial charge is 0.267 e. The number of benzene rings is 3. The largest absolute Gasteiger partial charge is 0.478 e. The van der Waals surface area contributed by atoms with E-state index in [0.717, 1.165) is 53.5 Å². The van der Waals surface area contributed by atoms with E-state index in [0.29, 0.717) is 16.5 Å². The minimum Gasteiger partial charge on any atom is -0.478 e. The molecule has 0 aromatic heterocycles. The summed E-state index contributed by atoms with van der Waals surface area (Å²) in [6.45, 7) is 7.88. The quantitative estimate of drug-likeness (QED) is 0.333. The van der Waals surface area contributed by atoms with Gasteiger partial charge in [-0.3, -0.25) is 9.69 Å². The first-order valence-electron chi connectivity index (χ1n) is 11.5. The third kappa shape index (κ3) is 6.70. The van der Waals surface area contributed by atoms with Crippen molar-refractivity contribution in [2.45, 2.75) is 26.0 Å². The Morgan fingerprint density at radius 2 is 1.66 bits per heavy atom. The highest BCUT2D eigenvalue weighted by Gasteiger charge is 2.30.